The molecule has 0 radical (unpaired) electrons. The average Bonchev–Trinajstić information content (AvgIpc) is 3.55. The predicted molar refractivity (Wildman–Crippen MR) is 171 cm³/mol. The summed E-state index contributed by atoms with van der Waals surface area (Å²) in [5.74, 6) is 3.69. The highest BCUT2D eigenvalue weighted by atomic mass is 16.5. The molecule has 8 aromatic rings. The highest BCUT2D eigenvalue weighted by molar-refractivity contribution is 6.94. The first-order valence-electron chi connectivity index (χ1n) is 14.7. The van der Waals surface area contributed by atoms with Crippen LogP contribution in [0, 0.1) is 0 Å². The quantitative estimate of drug-likeness (QED) is 0.236. The Labute approximate surface area is 239 Å². The van der Waals surface area contributed by atoms with E-state index in [0.717, 1.165) is 23.0 Å². The standard InChI is InChI=1S/C36H16B2N2O2/c1-3-12-24-17(7-1)21-15-22-20-10-5-9-19-18-8-6-14-26-31(18)38-33-28(42-26)16-27-32-29(33)30(36(22)40(38)34(19)20)35(21)39(24)37(32)23-11-2-4-13-25(23)41-27/h1-16H. The maximum absolute atomic E-state index is 6.85. The molecular formula is C36H16B2N2O2. The first-order valence-corrected chi connectivity index (χ1v) is 14.7. The summed E-state index contributed by atoms with van der Waals surface area (Å²) in [4.78, 5) is 0. The Bertz CT molecular complexity index is 2700. The Balaban J connectivity index is 1.40. The second-order valence-corrected chi connectivity index (χ2v) is 12.3. The first kappa shape index (κ1) is 19.7. The van der Waals surface area contributed by atoms with Crippen molar-refractivity contribution in [1.82, 2.24) is 8.96 Å². The Hall–Kier alpha value is -5.35. The second-order valence-electron chi connectivity index (χ2n) is 12.3. The van der Waals surface area contributed by atoms with E-state index in [-0.39, 0.29) is 13.7 Å². The van der Waals surface area contributed by atoms with E-state index in [1.54, 1.807) is 0 Å². The maximum atomic E-state index is 6.85. The Morgan fingerprint density at radius 2 is 1.17 bits per heavy atom. The summed E-state index contributed by atoms with van der Waals surface area (Å²) in [6.45, 7) is 0.0816. The zero-order valence-electron chi connectivity index (χ0n) is 22.1. The van der Waals surface area contributed by atoms with Crippen LogP contribution >= 0.6 is 0 Å². The van der Waals surface area contributed by atoms with Gasteiger partial charge in [0.2, 0.25) is 0 Å². The lowest BCUT2D eigenvalue weighted by atomic mass is 9.39. The van der Waals surface area contributed by atoms with E-state index in [4.69, 9.17) is 9.47 Å². The van der Waals surface area contributed by atoms with Crippen molar-refractivity contribution in [2.45, 2.75) is 0 Å². The molecule has 0 aliphatic carbocycles. The molecule has 4 nitrogen and oxygen atoms in total. The molecule has 5 aliphatic rings. The molecule has 0 bridgehead atoms. The number of benzene rings is 6. The van der Waals surface area contributed by atoms with Gasteiger partial charge < -0.3 is 18.4 Å². The summed E-state index contributed by atoms with van der Waals surface area (Å²) < 4.78 is 18.9. The minimum atomic E-state index is 0.0179. The van der Waals surface area contributed by atoms with Gasteiger partial charge in [-0.3, -0.25) is 0 Å². The van der Waals surface area contributed by atoms with Crippen LogP contribution < -0.4 is 31.3 Å². The van der Waals surface area contributed by atoms with Crippen molar-refractivity contribution in [2.75, 3.05) is 0 Å². The molecule has 188 valence electrons. The van der Waals surface area contributed by atoms with Crippen molar-refractivity contribution in [1.29, 1.82) is 0 Å². The Morgan fingerprint density at radius 1 is 0.452 bits per heavy atom. The molecule has 0 saturated heterocycles. The number of fused-ring (bicyclic) bond motifs is 8. The van der Waals surface area contributed by atoms with Crippen LogP contribution in [0.4, 0.5) is 0 Å². The number of aromatic nitrogens is 2. The molecule has 2 aromatic heterocycles. The molecule has 0 saturated carbocycles. The molecule has 0 unspecified atom stereocenters. The van der Waals surface area contributed by atoms with E-state index in [1.165, 1.54) is 87.7 Å². The molecule has 5 aliphatic heterocycles. The van der Waals surface area contributed by atoms with Crippen LogP contribution in [0.2, 0.25) is 0 Å². The van der Waals surface area contributed by atoms with Crippen LogP contribution in [0.5, 0.6) is 23.0 Å². The monoisotopic (exact) mass is 530 g/mol. The van der Waals surface area contributed by atoms with E-state index in [2.05, 4.69) is 106 Å². The van der Waals surface area contributed by atoms with Crippen LogP contribution in [0.3, 0.4) is 0 Å². The molecule has 0 N–H and O–H groups in total. The average molecular weight is 530 g/mol. The Morgan fingerprint density at radius 3 is 2.14 bits per heavy atom. The topological polar surface area (TPSA) is 28.3 Å². The summed E-state index contributed by atoms with van der Waals surface area (Å²) in [6.07, 6.45) is 0. The zero-order valence-corrected chi connectivity index (χ0v) is 22.1. The normalized spacial score (nSPS) is 15.0. The van der Waals surface area contributed by atoms with Crippen molar-refractivity contribution in [3.05, 3.63) is 97.1 Å². The summed E-state index contributed by atoms with van der Waals surface area (Å²) in [5, 5.41) is 5.28. The lowest BCUT2D eigenvalue weighted by molar-refractivity contribution is 0.465. The lowest BCUT2D eigenvalue weighted by Gasteiger charge is -2.42. The molecule has 7 heterocycles. The summed E-state index contributed by atoms with van der Waals surface area (Å²) in [7, 11) is 0. The fraction of sp³-hybridized carbons (Fsp3) is 0. The lowest BCUT2D eigenvalue weighted by Crippen LogP contribution is -2.61. The van der Waals surface area contributed by atoms with E-state index in [0.29, 0.717) is 0 Å². The summed E-state index contributed by atoms with van der Waals surface area (Å²) in [6, 6.07) is 35.5. The molecule has 6 aromatic carbocycles. The number of ether oxygens (including phenoxy) is 2. The second kappa shape index (κ2) is 5.97. The van der Waals surface area contributed by atoms with Gasteiger partial charge in [0.25, 0.3) is 0 Å². The SMILES string of the molecule is c1ccc2c(c1)Oc1cc3c4c5c1B2n1c2ccccc2c2cc6c7cccc8c7n(c6c-5c21)B4c1c(cccc1-8)O3. The van der Waals surface area contributed by atoms with Crippen LogP contribution in [0.15, 0.2) is 97.1 Å². The third-order valence-electron chi connectivity index (χ3n) is 10.7. The van der Waals surface area contributed by atoms with Crippen molar-refractivity contribution in [3.63, 3.8) is 0 Å². The van der Waals surface area contributed by atoms with Gasteiger partial charge in [-0.2, -0.15) is 0 Å². The fourth-order valence-electron chi connectivity index (χ4n) is 9.38. The van der Waals surface area contributed by atoms with E-state index < -0.39 is 0 Å². The molecule has 42 heavy (non-hydrogen) atoms. The van der Waals surface area contributed by atoms with E-state index >= 15 is 0 Å². The predicted octanol–water partition coefficient (Wildman–Crippen LogP) is 5.70. The largest absolute Gasteiger partial charge is 0.458 e. The minimum absolute atomic E-state index is 0.0179. The van der Waals surface area contributed by atoms with Gasteiger partial charge in [0.1, 0.15) is 23.0 Å². The number of para-hydroxylation sites is 3. The number of hydrogen-bond donors (Lipinski definition) is 0. The third-order valence-corrected chi connectivity index (χ3v) is 10.7. The van der Waals surface area contributed by atoms with Crippen LogP contribution in [0.1, 0.15) is 0 Å². The van der Waals surface area contributed by atoms with Crippen LogP contribution in [-0.2, 0) is 0 Å². The third kappa shape index (κ3) is 1.78. The van der Waals surface area contributed by atoms with Gasteiger partial charge in [0.05, 0.1) is 0 Å². The highest BCUT2D eigenvalue weighted by Crippen LogP contribution is 2.53. The number of rotatable bonds is 0. The van der Waals surface area contributed by atoms with E-state index in [9.17, 15) is 0 Å². The molecule has 0 fully saturated rings. The van der Waals surface area contributed by atoms with Gasteiger partial charge in [-0.25, -0.2) is 0 Å². The molecule has 13 rings (SSSR count). The molecule has 0 spiro atoms. The number of hydrogen-bond acceptors (Lipinski definition) is 2. The fourth-order valence-corrected chi connectivity index (χ4v) is 9.38. The number of nitrogens with zero attached hydrogens (tertiary/aromatic N) is 2. The minimum Gasteiger partial charge on any atom is -0.458 e. The first-order chi connectivity index (χ1) is 20.9. The van der Waals surface area contributed by atoms with Gasteiger partial charge >= 0.3 is 13.7 Å². The summed E-state index contributed by atoms with van der Waals surface area (Å²) >= 11 is 0. The van der Waals surface area contributed by atoms with E-state index in [1.807, 2.05) is 0 Å². The molecular weight excluding hydrogens is 514 g/mol. The smallest absolute Gasteiger partial charge is 0.337 e. The summed E-state index contributed by atoms with van der Waals surface area (Å²) in [5.41, 5.74) is 15.5. The highest BCUT2D eigenvalue weighted by Gasteiger charge is 2.51. The Kier molecular flexibility index (Phi) is 2.80. The van der Waals surface area contributed by atoms with Crippen molar-refractivity contribution in [3.8, 4) is 45.3 Å². The molecule has 0 amide bonds. The molecule has 0 atom stereocenters. The van der Waals surface area contributed by atoms with Gasteiger partial charge in [-0.15, -0.1) is 0 Å². The maximum Gasteiger partial charge on any atom is 0.337 e. The molecule has 6 heteroatoms. The van der Waals surface area contributed by atoms with Gasteiger partial charge in [-0.1, -0.05) is 66.7 Å². The van der Waals surface area contributed by atoms with Crippen molar-refractivity contribution >= 4 is 79.2 Å². The zero-order chi connectivity index (χ0) is 26.6. The van der Waals surface area contributed by atoms with Crippen molar-refractivity contribution < 1.29 is 9.47 Å². The van der Waals surface area contributed by atoms with Gasteiger partial charge in [0.15, 0.2) is 0 Å². The van der Waals surface area contributed by atoms with Crippen molar-refractivity contribution in [2.24, 2.45) is 0 Å². The van der Waals surface area contributed by atoms with Crippen LogP contribution in [-0.4, -0.2) is 22.7 Å². The van der Waals surface area contributed by atoms with Gasteiger partial charge in [0, 0.05) is 77.2 Å². The van der Waals surface area contributed by atoms with Gasteiger partial charge in [-0.05, 0) is 40.9 Å². The van der Waals surface area contributed by atoms with Crippen LogP contribution in [0.25, 0.3) is 65.9 Å².